The number of fused-ring (bicyclic) bond motifs is 5. The maximum absolute atomic E-state index is 2.54. The third kappa shape index (κ3) is 5.91. The van der Waals surface area contributed by atoms with Crippen LogP contribution in [-0.4, -0.2) is 0 Å². The van der Waals surface area contributed by atoms with Crippen LogP contribution in [0.1, 0.15) is 25.0 Å². The van der Waals surface area contributed by atoms with E-state index >= 15 is 0 Å². The van der Waals surface area contributed by atoms with Crippen LogP contribution in [0.15, 0.2) is 218 Å². The molecule has 0 saturated heterocycles. The highest BCUT2D eigenvalue weighted by atomic mass is 14.4. The fourth-order valence-corrected chi connectivity index (χ4v) is 9.61. The van der Waals surface area contributed by atoms with Gasteiger partial charge in [0.05, 0.1) is 0 Å². The lowest BCUT2D eigenvalue weighted by Gasteiger charge is -2.24. The van der Waals surface area contributed by atoms with Crippen LogP contribution in [-0.2, 0) is 5.41 Å². The average Bonchev–Trinajstić information content (AvgIpc) is 3.52. The minimum Gasteiger partial charge on any atom is -0.0622 e. The monoisotopic (exact) mass is 750 g/mol. The lowest BCUT2D eigenvalue weighted by Crippen LogP contribution is -2.15. The highest BCUT2D eigenvalue weighted by Crippen LogP contribution is 2.54. The van der Waals surface area contributed by atoms with Gasteiger partial charge in [-0.25, -0.2) is 0 Å². The van der Waals surface area contributed by atoms with Gasteiger partial charge >= 0.3 is 0 Å². The van der Waals surface area contributed by atoms with Crippen LogP contribution in [0.3, 0.4) is 0 Å². The van der Waals surface area contributed by atoms with Gasteiger partial charge in [0.1, 0.15) is 0 Å². The number of rotatable bonds is 6. The second-order valence-corrected chi connectivity index (χ2v) is 16.5. The van der Waals surface area contributed by atoms with E-state index in [1.165, 1.54) is 111 Å². The van der Waals surface area contributed by atoms with Gasteiger partial charge in [0.15, 0.2) is 0 Å². The van der Waals surface area contributed by atoms with Crippen molar-refractivity contribution in [2.75, 3.05) is 0 Å². The van der Waals surface area contributed by atoms with E-state index in [0.717, 1.165) is 0 Å². The molecule has 0 spiro atoms. The van der Waals surface area contributed by atoms with Crippen molar-refractivity contribution in [3.63, 3.8) is 0 Å². The molecule has 0 nitrogen and oxygen atoms in total. The molecule has 0 fully saturated rings. The Labute approximate surface area is 346 Å². The first-order chi connectivity index (χ1) is 29.0. The van der Waals surface area contributed by atoms with Crippen molar-refractivity contribution in [1.29, 1.82) is 0 Å². The van der Waals surface area contributed by atoms with Crippen LogP contribution in [0.4, 0.5) is 0 Å². The van der Waals surface area contributed by atoms with Crippen LogP contribution < -0.4 is 0 Å². The van der Waals surface area contributed by atoms with Crippen LogP contribution >= 0.6 is 0 Å². The molecule has 0 bridgehead atoms. The van der Waals surface area contributed by atoms with Gasteiger partial charge in [-0.2, -0.15) is 0 Å². The Balaban J connectivity index is 1.11. The topological polar surface area (TPSA) is 0 Å². The van der Waals surface area contributed by atoms with E-state index in [4.69, 9.17) is 0 Å². The summed E-state index contributed by atoms with van der Waals surface area (Å²) in [6.07, 6.45) is 0. The summed E-state index contributed by atoms with van der Waals surface area (Å²) in [5.41, 5.74) is 20.1. The molecular weight excluding hydrogens is 709 g/mol. The van der Waals surface area contributed by atoms with Crippen molar-refractivity contribution in [3.8, 4) is 77.9 Å². The molecule has 0 aliphatic heterocycles. The maximum Gasteiger partial charge on any atom is 0.0159 e. The van der Waals surface area contributed by atoms with E-state index in [-0.39, 0.29) is 5.41 Å². The fourth-order valence-electron chi connectivity index (χ4n) is 9.61. The molecule has 10 aromatic carbocycles. The first kappa shape index (κ1) is 34.9. The highest BCUT2D eigenvalue weighted by molar-refractivity contribution is 6.22. The SMILES string of the molecule is CC1(C)c2cc(-c3ccc(-c4ccccc4)cc3)ccc2-c2cc3c(-c4ccc(-c5ccccc5)cc4)c4ccccc4c(-c4ccc(-c5ccccc5)cc4)c3cc21. The third-order valence-electron chi connectivity index (χ3n) is 12.7. The minimum absolute atomic E-state index is 0.198. The van der Waals surface area contributed by atoms with Gasteiger partial charge < -0.3 is 0 Å². The van der Waals surface area contributed by atoms with Crippen molar-refractivity contribution >= 4 is 21.5 Å². The molecule has 59 heavy (non-hydrogen) atoms. The lowest BCUT2D eigenvalue weighted by molar-refractivity contribution is 0.661. The lowest BCUT2D eigenvalue weighted by atomic mass is 9.79. The Morgan fingerprint density at radius 3 is 1.00 bits per heavy atom. The molecule has 0 N–H and O–H groups in total. The van der Waals surface area contributed by atoms with Crippen LogP contribution in [0.25, 0.3) is 99.4 Å². The summed E-state index contributed by atoms with van der Waals surface area (Å²) < 4.78 is 0. The fraction of sp³-hybridized carbons (Fsp3) is 0.0508. The maximum atomic E-state index is 2.54. The standard InChI is InChI=1S/C59H42/c1-59(2)55-36-48(45-24-22-42(23-25-45)39-14-6-3-7-15-39)34-35-49(55)52-37-53-54(38-56(52)59)58(47-32-28-44(29-33-47)41-18-10-5-11-19-41)51-21-13-12-20-50(51)57(53)46-30-26-43(27-31-46)40-16-8-4-9-17-40/h3-38H,1-2H3. The van der Waals surface area contributed by atoms with E-state index in [1.54, 1.807) is 0 Å². The molecule has 0 amide bonds. The molecule has 278 valence electrons. The highest BCUT2D eigenvalue weighted by Gasteiger charge is 2.37. The Morgan fingerprint density at radius 1 is 0.237 bits per heavy atom. The molecule has 0 saturated carbocycles. The van der Waals surface area contributed by atoms with Crippen LogP contribution in [0.2, 0.25) is 0 Å². The summed E-state index contributed by atoms with van der Waals surface area (Å²) in [4.78, 5) is 0. The number of hydrogen-bond donors (Lipinski definition) is 0. The summed E-state index contributed by atoms with van der Waals surface area (Å²) in [6, 6.07) is 80.6. The molecule has 0 aromatic heterocycles. The number of hydrogen-bond acceptors (Lipinski definition) is 0. The van der Waals surface area contributed by atoms with Crippen molar-refractivity contribution in [3.05, 3.63) is 230 Å². The summed E-state index contributed by atoms with van der Waals surface area (Å²) in [5.74, 6) is 0. The average molecular weight is 751 g/mol. The summed E-state index contributed by atoms with van der Waals surface area (Å²) in [5, 5.41) is 5.10. The Hall–Kier alpha value is -7.28. The predicted octanol–water partition coefficient (Wildman–Crippen LogP) is 16.3. The quantitative estimate of drug-likeness (QED) is 0.149. The van der Waals surface area contributed by atoms with Crippen LogP contribution in [0.5, 0.6) is 0 Å². The Kier molecular flexibility index (Phi) is 8.27. The molecule has 0 heteroatoms. The van der Waals surface area contributed by atoms with Crippen molar-refractivity contribution in [1.82, 2.24) is 0 Å². The smallest absolute Gasteiger partial charge is 0.0159 e. The Bertz CT molecular complexity index is 3150. The van der Waals surface area contributed by atoms with Crippen molar-refractivity contribution in [2.45, 2.75) is 19.3 Å². The van der Waals surface area contributed by atoms with E-state index in [0.29, 0.717) is 0 Å². The zero-order valence-electron chi connectivity index (χ0n) is 33.3. The van der Waals surface area contributed by atoms with Crippen molar-refractivity contribution < 1.29 is 0 Å². The molecular formula is C59H42. The molecule has 0 heterocycles. The second-order valence-electron chi connectivity index (χ2n) is 16.5. The summed E-state index contributed by atoms with van der Waals surface area (Å²) in [7, 11) is 0. The predicted molar refractivity (Wildman–Crippen MR) is 252 cm³/mol. The first-order valence-corrected chi connectivity index (χ1v) is 20.7. The van der Waals surface area contributed by atoms with Gasteiger partial charge in [0.2, 0.25) is 0 Å². The Morgan fingerprint density at radius 2 is 0.559 bits per heavy atom. The third-order valence-corrected chi connectivity index (χ3v) is 12.7. The van der Waals surface area contributed by atoms with E-state index in [9.17, 15) is 0 Å². The first-order valence-electron chi connectivity index (χ1n) is 20.7. The molecule has 1 aliphatic carbocycles. The number of benzene rings is 10. The van der Waals surface area contributed by atoms with Gasteiger partial charge in [-0.3, -0.25) is 0 Å². The van der Waals surface area contributed by atoms with Crippen molar-refractivity contribution in [2.24, 2.45) is 0 Å². The molecule has 0 atom stereocenters. The molecule has 10 aromatic rings. The van der Waals surface area contributed by atoms with Gasteiger partial charge in [-0.1, -0.05) is 214 Å². The van der Waals surface area contributed by atoms with Gasteiger partial charge in [0, 0.05) is 5.41 Å². The van der Waals surface area contributed by atoms with Crippen LogP contribution in [0, 0.1) is 0 Å². The van der Waals surface area contributed by atoms with Gasteiger partial charge in [0.25, 0.3) is 0 Å². The van der Waals surface area contributed by atoms with E-state index in [2.05, 4.69) is 232 Å². The van der Waals surface area contributed by atoms with Gasteiger partial charge in [-0.15, -0.1) is 0 Å². The van der Waals surface area contributed by atoms with E-state index in [1.807, 2.05) is 0 Å². The molecule has 0 unspecified atom stereocenters. The molecule has 0 radical (unpaired) electrons. The molecule has 11 rings (SSSR count). The molecule has 1 aliphatic rings. The summed E-state index contributed by atoms with van der Waals surface area (Å²) >= 11 is 0. The second kappa shape index (κ2) is 14.0. The normalized spacial score (nSPS) is 12.7. The largest absolute Gasteiger partial charge is 0.0622 e. The zero-order chi connectivity index (χ0) is 39.5. The van der Waals surface area contributed by atoms with E-state index < -0.39 is 0 Å². The zero-order valence-corrected chi connectivity index (χ0v) is 33.3. The van der Waals surface area contributed by atoms with Gasteiger partial charge in [-0.05, 0) is 129 Å². The summed E-state index contributed by atoms with van der Waals surface area (Å²) in [6.45, 7) is 4.81. The minimum atomic E-state index is -0.198.